The van der Waals surface area contributed by atoms with Gasteiger partial charge in [0.15, 0.2) is 0 Å². The second-order valence-electron chi connectivity index (χ2n) is 5.76. The Morgan fingerprint density at radius 3 is 2.56 bits per heavy atom. The van der Waals surface area contributed by atoms with Crippen molar-refractivity contribution < 1.29 is 0 Å². The van der Waals surface area contributed by atoms with E-state index in [2.05, 4.69) is 48.2 Å². The number of pyridine rings is 1. The molecule has 0 radical (unpaired) electrons. The monoisotopic (exact) mass is 247 g/mol. The van der Waals surface area contributed by atoms with E-state index in [9.17, 15) is 0 Å². The van der Waals surface area contributed by atoms with Crippen LogP contribution in [0.3, 0.4) is 0 Å². The van der Waals surface area contributed by atoms with Crippen molar-refractivity contribution in [2.45, 2.75) is 45.3 Å². The number of hydrogen-bond donors (Lipinski definition) is 1. The summed E-state index contributed by atoms with van der Waals surface area (Å²) in [6, 6.07) is 5.59. The van der Waals surface area contributed by atoms with Gasteiger partial charge in [0.1, 0.15) is 0 Å². The van der Waals surface area contributed by atoms with Crippen LogP contribution in [0.2, 0.25) is 0 Å². The van der Waals surface area contributed by atoms with E-state index >= 15 is 0 Å². The molecule has 0 aromatic carbocycles. The number of rotatable bonds is 7. The topological polar surface area (TPSA) is 28.2 Å². The molecule has 0 aliphatic heterocycles. The molecule has 1 unspecified atom stereocenters. The van der Waals surface area contributed by atoms with Gasteiger partial charge in [0.05, 0.1) is 0 Å². The molecular weight excluding hydrogens is 222 g/mol. The molecule has 100 valence electrons. The first kappa shape index (κ1) is 13.5. The quantitative estimate of drug-likeness (QED) is 0.801. The van der Waals surface area contributed by atoms with E-state index in [0.717, 1.165) is 19.1 Å². The molecule has 0 saturated heterocycles. The van der Waals surface area contributed by atoms with Gasteiger partial charge in [0, 0.05) is 37.6 Å². The van der Waals surface area contributed by atoms with Crippen molar-refractivity contribution in [3.8, 4) is 0 Å². The van der Waals surface area contributed by atoms with Crippen LogP contribution in [0.5, 0.6) is 0 Å². The summed E-state index contributed by atoms with van der Waals surface area (Å²) in [6.45, 7) is 6.71. The maximum absolute atomic E-state index is 4.07. The summed E-state index contributed by atoms with van der Waals surface area (Å²) in [6.07, 6.45) is 6.46. The first-order valence-corrected chi connectivity index (χ1v) is 6.99. The summed E-state index contributed by atoms with van der Waals surface area (Å²) >= 11 is 0. The lowest BCUT2D eigenvalue weighted by Crippen LogP contribution is -2.43. The molecule has 1 heterocycles. The zero-order valence-corrected chi connectivity index (χ0v) is 11.8. The van der Waals surface area contributed by atoms with Crippen LogP contribution in [0.4, 0.5) is 0 Å². The molecule has 0 bridgehead atoms. The van der Waals surface area contributed by atoms with E-state index in [0.29, 0.717) is 12.0 Å². The van der Waals surface area contributed by atoms with Crippen molar-refractivity contribution in [3.63, 3.8) is 0 Å². The van der Waals surface area contributed by atoms with Crippen LogP contribution in [0.15, 0.2) is 24.5 Å². The fraction of sp³-hybridized carbons (Fsp3) is 0.667. The van der Waals surface area contributed by atoms with E-state index in [4.69, 9.17) is 0 Å². The summed E-state index contributed by atoms with van der Waals surface area (Å²) in [4.78, 5) is 6.52. The molecule has 1 aromatic rings. The molecule has 1 aliphatic rings. The zero-order chi connectivity index (χ0) is 13.0. The molecule has 0 amide bonds. The van der Waals surface area contributed by atoms with Crippen molar-refractivity contribution in [1.82, 2.24) is 15.2 Å². The predicted octanol–water partition coefficient (Wildman–Crippen LogP) is 2.29. The highest BCUT2D eigenvalue weighted by molar-refractivity contribution is 5.09. The van der Waals surface area contributed by atoms with Gasteiger partial charge < -0.3 is 5.32 Å². The maximum atomic E-state index is 4.07. The van der Waals surface area contributed by atoms with Crippen LogP contribution >= 0.6 is 0 Å². The van der Waals surface area contributed by atoms with Crippen molar-refractivity contribution >= 4 is 0 Å². The molecule has 2 rings (SSSR count). The summed E-state index contributed by atoms with van der Waals surface area (Å²) in [5.41, 5.74) is 1.34. The average Bonchev–Trinajstić information content (AvgIpc) is 3.14. The standard InChI is InChI=1S/C15H25N3/c1-12(2)15(10-17-14-4-5-14)18(3)11-13-6-8-16-9-7-13/h6-9,12,14-15,17H,4-5,10-11H2,1-3H3. The third kappa shape index (κ3) is 4.07. The number of nitrogens with zero attached hydrogens (tertiary/aromatic N) is 2. The van der Waals surface area contributed by atoms with Gasteiger partial charge in [-0.2, -0.15) is 0 Å². The Labute approximate surface area is 111 Å². The summed E-state index contributed by atoms with van der Waals surface area (Å²) in [5.74, 6) is 0.670. The molecule has 1 saturated carbocycles. The number of aromatic nitrogens is 1. The van der Waals surface area contributed by atoms with Crippen molar-refractivity contribution in [2.24, 2.45) is 5.92 Å². The lowest BCUT2D eigenvalue weighted by molar-refractivity contribution is 0.179. The molecule has 1 fully saturated rings. The van der Waals surface area contributed by atoms with E-state index in [1.807, 2.05) is 12.4 Å². The Kier molecular flexibility index (Phi) is 4.72. The van der Waals surface area contributed by atoms with Crippen LogP contribution in [-0.2, 0) is 6.54 Å². The third-order valence-electron chi connectivity index (χ3n) is 3.71. The van der Waals surface area contributed by atoms with Gasteiger partial charge in [-0.3, -0.25) is 9.88 Å². The van der Waals surface area contributed by atoms with E-state index in [-0.39, 0.29) is 0 Å². The number of likely N-dealkylation sites (N-methyl/N-ethyl adjacent to an activating group) is 1. The minimum absolute atomic E-state index is 0.596. The predicted molar refractivity (Wildman–Crippen MR) is 75.4 cm³/mol. The summed E-state index contributed by atoms with van der Waals surface area (Å²) in [7, 11) is 2.22. The Morgan fingerprint density at radius 1 is 1.33 bits per heavy atom. The Hall–Kier alpha value is -0.930. The SMILES string of the molecule is CC(C)C(CNC1CC1)N(C)Cc1ccncc1. The van der Waals surface area contributed by atoms with Gasteiger partial charge in [-0.15, -0.1) is 0 Å². The van der Waals surface area contributed by atoms with Gasteiger partial charge >= 0.3 is 0 Å². The molecule has 3 nitrogen and oxygen atoms in total. The molecule has 18 heavy (non-hydrogen) atoms. The fourth-order valence-electron chi connectivity index (χ4n) is 2.37. The average molecular weight is 247 g/mol. The van der Waals surface area contributed by atoms with Gasteiger partial charge in [-0.1, -0.05) is 13.8 Å². The first-order chi connectivity index (χ1) is 8.66. The molecular formula is C15H25N3. The van der Waals surface area contributed by atoms with Crippen LogP contribution < -0.4 is 5.32 Å². The summed E-state index contributed by atoms with van der Waals surface area (Å²) in [5, 5.41) is 3.65. The summed E-state index contributed by atoms with van der Waals surface area (Å²) < 4.78 is 0. The highest BCUT2D eigenvalue weighted by Gasteiger charge is 2.24. The van der Waals surface area contributed by atoms with E-state index in [1.54, 1.807) is 0 Å². The molecule has 1 atom stereocenters. The van der Waals surface area contributed by atoms with E-state index in [1.165, 1.54) is 18.4 Å². The highest BCUT2D eigenvalue weighted by Crippen LogP contribution is 2.20. The number of nitrogens with one attached hydrogen (secondary N) is 1. The maximum Gasteiger partial charge on any atom is 0.0271 e. The van der Waals surface area contributed by atoms with Crippen molar-refractivity contribution in [3.05, 3.63) is 30.1 Å². The minimum atomic E-state index is 0.596. The van der Waals surface area contributed by atoms with Gasteiger partial charge in [-0.05, 0) is 43.5 Å². The second-order valence-corrected chi connectivity index (χ2v) is 5.76. The van der Waals surface area contributed by atoms with Crippen molar-refractivity contribution in [1.29, 1.82) is 0 Å². The Morgan fingerprint density at radius 2 is 2.00 bits per heavy atom. The fourth-order valence-corrected chi connectivity index (χ4v) is 2.37. The van der Waals surface area contributed by atoms with Crippen LogP contribution in [0.25, 0.3) is 0 Å². The smallest absolute Gasteiger partial charge is 0.0271 e. The van der Waals surface area contributed by atoms with E-state index < -0.39 is 0 Å². The van der Waals surface area contributed by atoms with Crippen LogP contribution in [0, 0.1) is 5.92 Å². The highest BCUT2D eigenvalue weighted by atomic mass is 15.2. The van der Waals surface area contributed by atoms with Gasteiger partial charge in [-0.25, -0.2) is 0 Å². The van der Waals surface area contributed by atoms with Crippen molar-refractivity contribution in [2.75, 3.05) is 13.6 Å². The lowest BCUT2D eigenvalue weighted by atomic mass is 10.0. The normalized spacial score (nSPS) is 17.4. The molecule has 3 heteroatoms. The molecule has 0 spiro atoms. The minimum Gasteiger partial charge on any atom is -0.312 e. The Bertz CT molecular complexity index is 346. The molecule has 1 aromatic heterocycles. The van der Waals surface area contributed by atoms with Gasteiger partial charge in [0.2, 0.25) is 0 Å². The largest absolute Gasteiger partial charge is 0.312 e. The molecule has 1 aliphatic carbocycles. The lowest BCUT2D eigenvalue weighted by Gasteiger charge is -2.31. The zero-order valence-electron chi connectivity index (χ0n) is 11.8. The molecule has 1 N–H and O–H groups in total. The van der Waals surface area contributed by atoms with Gasteiger partial charge in [0.25, 0.3) is 0 Å². The third-order valence-corrected chi connectivity index (χ3v) is 3.71. The van der Waals surface area contributed by atoms with Crippen LogP contribution in [0.1, 0.15) is 32.3 Å². The Balaban J connectivity index is 1.87. The van der Waals surface area contributed by atoms with Crippen LogP contribution in [-0.4, -0.2) is 35.6 Å². The second kappa shape index (κ2) is 6.30. The number of hydrogen-bond acceptors (Lipinski definition) is 3. The first-order valence-electron chi connectivity index (χ1n) is 6.99.